The van der Waals surface area contributed by atoms with Crippen molar-refractivity contribution in [2.45, 2.75) is 39.9 Å². The van der Waals surface area contributed by atoms with Crippen LogP contribution in [0.25, 0.3) is 0 Å². The summed E-state index contributed by atoms with van der Waals surface area (Å²) in [5.41, 5.74) is 2.05. The first kappa shape index (κ1) is 23.1. The fourth-order valence-electron chi connectivity index (χ4n) is 1.68. The van der Waals surface area contributed by atoms with E-state index in [1.807, 2.05) is 67.5 Å². The maximum Gasteiger partial charge on any atom is 0.305 e. The van der Waals surface area contributed by atoms with Gasteiger partial charge in [0, 0.05) is 12.8 Å². The van der Waals surface area contributed by atoms with E-state index in [-0.39, 0.29) is 11.9 Å². The van der Waals surface area contributed by atoms with E-state index >= 15 is 0 Å². The molecule has 0 aliphatic heterocycles. The summed E-state index contributed by atoms with van der Waals surface area (Å²) in [6.45, 7) is 6.34. The molecule has 0 aliphatic rings. The molecule has 0 saturated heterocycles. The van der Waals surface area contributed by atoms with Gasteiger partial charge in [0.2, 0.25) is 0 Å². The van der Waals surface area contributed by atoms with Crippen LogP contribution in [0.4, 0.5) is 0 Å². The number of benzene rings is 2. The highest BCUT2D eigenvalue weighted by Gasteiger charge is 1.98. The molecule has 5 heteroatoms. The van der Waals surface area contributed by atoms with E-state index in [0.717, 1.165) is 11.1 Å². The molecule has 2 rings (SSSR count). The second kappa shape index (κ2) is 15.6. The summed E-state index contributed by atoms with van der Waals surface area (Å²) in [6.07, 6.45) is 0.875. The first-order valence-electron chi connectivity index (χ1n) is 8.33. The summed E-state index contributed by atoms with van der Waals surface area (Å²) in [7, 11) is 0. The van der Waals surface area contributed by atoms with Crippen molar-refractivity contribution in [3.05, 3.63) is 71.8 Å². The van der Waals surface area contributed by atoms with Crippen molar-refractivity contribution in [1.29, 1.82) is 0 Å². The van der Waals surface area contributed by atoms with E-state index in [4.69, 9.17) is 14.3 Å². The minimum Gasteiger partial charge on any atom is -0.461 e. The molecule has 0 heterocycles. The number of rotatable bonds is 6. The standard InChI is InChI=1S/2C10H12O2.CH2O/c2*1-2-10(11)12-8-9-6-4-3-5-7-9;1-2/h2*3-7H,2,8H2,1H3;1H2. The van der Waals surface area contributed by atoms with Gasteiger partial charge in [0.25, 0.3) is 0 Å². The summed E-state index contributed by atoms with van der Waals surface area (Å²) < 4.78 is 9.88. The van der Waals surface area contributed by atoms with Gasteiger partial charge >= 0.3 is 11.9 Å². The van der Waals surface area contributed by atoms with Crippen LogP contribution in [0.15, 0.2) is 60.7 Å². The SMILES string of the molecule is C=O.CCC(=O)OCc1ccccc1.CCC(=O)OCc1ccccc1. The van der Waals surface area contributed by atoms with Crippen LogP contribution in [0.5, 0.6) is 0 Å². The first-order valence-corrected chi connectivity index (χ1v) is 8.33. The van der Waals surface area contributed by atoms with Crippen molar-refractivity contribution in [1.82, 2.24) is 0 Å². The molecule has 0 unspecified atom stereocenters. The molecule has 5 nitrogen and oxygen atoms in total. The topological polar surface area (TPSA) is 69.7 Å². The van der Waals surface area contributed by atoms with E-state index in [0.29, 0.717) is 26.1 Å². The van der Waals surface area contributed by atoms with Crippen molar-refractivity contribution in [2.24, 2.45) is 0 Å². The van der Waals surface area contributed by atoms with Crippen LogP contribution in [0, 0.1) is 0 Å². The Labute approximate surface area is 154 Å². The van der Waals surface area contributed by atoms with Crippen LogP contribution >= 0.6 is 0 Å². The predicted octanol–water partition coefficient (Wildman–Crippen LogP) is 4.09. The van der Waals surface area contributed by atoms with Gasteiger partial charge in [-0.3, -0.25) is 9.59 Å². The van der Waals surface area contributed by atoms with E-state index in [9.17, 15) is 9.59 Å². The van der Waals surface area contributed by atoms with Crippen LogP contribution in [0.2, 0.25) is 0 Å². The predicted molar refractivity (Wildman–Crippen MR) is 100 cm³/mol. The Morgan fingerprint density at radius 2 is 1.00 bits per heavy atom. The lowest BCUT2D eigenvalue weighted by molar-refractivity contribution is -0.145. The van der Waals surface area contributed by atoms with Crippen LogP contribution in [0.1, 0.15) is 37.8 Å². The molecule has 26 heavy (non-hydrogen) atoms. The van der Waals surface area contributed by atoms with Crippen molar-refractivity contribution in [2.75, 3.05) is 0 Å². The fourth-order valence-corrected chi connectivity index (χ4v) is 1.68. The van der Waals surface area contributed by atoms with E-state index in [1.165, 1.54) is 0 Å². The molecular formula is C21H26O5. The summed E-state index contributed by atoms with van der Waals surface area (Å²) >= 11 is 0. The second-order valence-corrected chi connectivity index (χ2v) is 5.00. The summed E-state index contributed by atoms with van der Waals surface area (Å²) in [4.78, 5) is 29.5. The highest BCUT2D eigenvalue weighted by atomic mass is 16.5. The molecule has 0 N–H and O–H groups in total. The largest absolute Gasteiger partial charge is 0.461 e. The molecule has 0 spiro atoms. The first-order chi connectivity index (χ1) is 12.7. The molecule has 0 atom stereocenters. The Morgan fingerprint density at radius 1 is 0.692 bits per heavy atom. The van der Waals surface area contributed by atoms with Crippen molar-refractivity contribution >= 4 is 18.7 Å². The van der Waals surface area contributed by atoms with Crippen LogP contribution in [-0.2, 0) is 37.1 Å². The van der Waals surface area contributed by atoms with Crippen molar-refractivity contribution < 1.29 is 23.9 Å². The summed E-state index contributed by atoms with van der Waals surface area (Å²) in [5.74, 6) is -0.308. The maximum absolute atomic E-state index is 10.8. The zero-order valence-corrected chi connectivity index (χ0v) is 15.4. The molecule has 140 valence electrons. The molecule has 0 amide bonds. The molecule has 2 aromatic carbocycles. The molecule has 0 bridgehead atoms. The Balaban J connectivity index is 0.000000439. The number of ether oxygens (including phenoxy) is 2. The van der Waals surface area contributed by atoms with Crippen LogP contribution in [0.3, 0.4) is 0 Å². The number of hydrogen-bond donors (Lipinski definition) is 0. The Kier molecular flexibility index (Phi) is 13.8. The molecule has 0 saturated carbocycles. The van der Waals surface area contributed by atoms with Gasteiger partial charge < -0.3 is 14.3 Å². The number of carbonyl (C=O) groups is 3. The molecule has 2 aromatic rings. The molecule has 0 aromatic heterocycles. The van der Waals surface area contributed by atoms with Gasteiger partial charge in [-0.1, -0.05) is 74.5 Å². The van der Waals surface area contributed by atoms with Gasteiger partial charge in [-0.05, 0) is 11.1 Å². The maximum atomic E-state index is 10.8. The van der Waals surface area contributed by atoms with Crippen molar-refractivity contribution in [3.8, 4) is 0 Å². The molecule has 0 aliphatic carbocycles. The lowest BCUT2D eigenvalue weighted by Crippen LogP contribution is -2.01. The Morgan fingerprint density at radius 3 is 1.27 bits per heavy atom. The molecule has 0 fully saturated rings. The smallest absolute Gasteiger partial charge is 0.305 e. The molecular weight excluding hydrogens is 332 g/mol. The highest BCUT2D eigenvalue weighted by Crippen LogP contribution is 2.01. The van der Waals surface area contributed by atoms with Crippen molar-refractivity contribution in [3.63, 3.8) is 0 Å². The van der Waals surface area contributed by atoms with Gasteiger partial charge in [-0.15, -0.1) is 0 Å². The third-order valence-corrected chi connectivity index (χ3v) is 3.06. The number of esters is 2. The van der Waals surface area contributed by atoms with Gasteiger partial charge in [0.05, 0.1) is 0 Å². The average Bonchev–Trinajstić information content (AvgIpc) is 2.73. The van der Waals surface area contributed by atoms with E-state index in [2.05, 4.69) is 0 Å². The number of hydrogen-bond acceptors (Lipinski definition) is 5. The quantitative estimate of drug-likeness (QED) is 0.727. The van der Waals surface area contributed by atoms with E-state index in [1.54, 1.807) is 13.8 Å². The highest BCUT2D eigenvalue weighted by molar-refractivity contribution is 5.69. The second-order valence-electron chi connectivity index (χ2n) is 5.00. The third-order valence-electron chi connectivity index (χ3n) is 3.06. The monoisotopic (exact) mass is 358 g/mol. The lowest BCUT2D eigenvalue weighted by Gasteiger charge is -2.01. The van der Waals surface area contributed by atoms with Gasteiger partial charge in [-0.25, -0.2) is 0 Å². The summed E-state index contributed by atoms with van der Waals surface area (Å²) in [6, 6.07) is 19.3. The zero-order chi connectivity index (χ0) is 19.6. The number of carbonyl (C=O) groups excluding carboxylic acids is 3. The van der Waals surface area contributed by atoms with E-state index < -0.39 is 0 Å². The lowest BCUT2D eigenvalue weighted by atomic mass is 10.2. The molecule has 0 radical (unpaired) electrons. The van der Waals surface area contributed by atoms with Crippen LogP contribution in [-0.4, -0.2) is 18.7 Å². The Hall–Kier alpha value is -2.95. The van der Waals surface area contributed by atoms with Gasteiger partial charge in [0.15, 0.2) is 0 Å². The average molecular weight is 358 g/mol. The third kappa shape index (κ3) is 11.6. The fraction of sp³-hybridized carbons (Fsp3) is 0.286. The minimum atomic E-state index is -0.154. The van der Waals surface area contributed by atoms with Crippen LogP contribution < -0.4 is 0 Å². The summed E-state index contributed by atoms with van der Waals surface area (Å²) in [5, 5.41) is 0. The zero-order valence-electron chi connectivity index (χ0n) is 15.4. The Bertz CT molecular complexity index is 555. The minimum absolute atomic E-state index is 0.154. The van der Waals surface area contributed by atoms with Gasteiger partial charge in [0.1, 0.15) is 20.0 Å². The van der Waals surface area contributed by atoms with Gasteiger partial charge in [-0.2, -0.15) is 0 Å². The normalized spacial score (nSPS) is 8.85.